The molecule has 0 spiro atoms. The van der Waals surface area contributed by atoms with Gasteiger partial charge >= 0.3 is 0 Å². The van der Waals surface area contributed by atoms with E-state index in [0.29, 0.717) is 6.61 Å². The fourth-order valence-electron chi connectivity index (χ4n) is 4.79. The quantitative estimate of drug-likeness (QED) is 0.200. The van der Waals surface area contributed by atoms with Gasteiger partial charge in [0.15, 0.2) is 6.29 Å². The number of hydrogen-bond donors (Lipinski definition) is 2. The average molecular weight is 515 g/mol. The molecular weight excluding hydrogens is 472 g/mol. The number of likely N-dealkylation sites (N-methyl/N-ethyl adjacent to an activating group) is 1. The molecule has 202 valence electrons. The number of phenols is 1. The largest absolute Gasteiger partial charge is 0.508 e. The third kappa shape index (κ3) is 7.25. The smallest absolute Gasteiger partial charge is 0.159 e. The maximum absolute atomic E-state index is 10.3. The summed E-state index contributed by atoms with van der Waals surface area (Å²) >= 11 is 0. The van der Waals surface area contributed by atoms with E-state index >= 15 is 0 Å². The van der Waals surface area contributed by atoms with E-state index in [1.54, 1.807) is 12.1 Å². The molecule has 1 atom stereocenters. The number of rotatable bonds is 9. The van der Waals surface area contributed by atoms with Crippen molar-refractivity contribution in [2.75, 3.05) is 44.7 Å². The third-order valence-electron chi connectivity index (χ3n) is 7.19. The van der Waals surface area contributed by atoms with Crippen molar-refractivity contribution in [2.24, 2.45) is 5.41 Å². The second-order valence-corrected chi connectivity index (χ2v) is 11.3. The first-order chi connectivity index (χ1) is 18.2. The zero-order chi connectivity index (χ0) is 27.1. The number of piperazine rings is 1. The Balaban J connectivity index is 1.69. The SMILES string of the molecule is CN1CCN(c2ccc(/C(=C(/CCCOC(O)C(C)(C)C)c3ccccc3)c3ccc(O)cc3)cc2)CC1. The van der Waals surface area contributed by atoms with E-state index in [-0.39, 0.29) is 11.2 Å². The molecule has 3 aromatic carbocycles. The fraction of sp³-hybridized carbons (Fsp3) is 0.394. The van der Waals surface area contributed by atoms with Gasteiger partial charge in [0.05, 0.1) is 6.61 Å². The minimum atomic E-state index is -0.801. The lowest BCUT2D eigenvalue weighted by molar-refractivity contribution is -0.159. The van der Waals surface area contributed by atoms with Crippen molar-refractivity contribution in [3.05, 3.63) is 95.6 Å². The molecule has 3 aromatic rings. The van der Waals surface area contributed by atoms with Crippen LogP contribution in [0, 0.1) is 5.41 Å². The van der Waals surface area contributed by atoms with Crippen LogP contribution in [-0.2, 0) is 4.74 Å². The lowest BCUT2D eigenvalue weighted by Gasteiger charge is -2.34. The van der Waals surface area contributed by atoms with Gasteiger partial charge in [0.2, 0.25) is 0 Å². The summed E-state index contributed by atoms with van der Waals surface area (Å²) in [5.74, 6) is 0.254. The molecule has 0 aromatic heterocycles. The number of aliphatic hydroxyl groups is 1. The summed E-state index contributed by atoms with van der Waals surface area (Å²) in [6.45, 7) is 10.6. The van der Waals surface area contributed by atoms with Gasteiger partial charge in [0.1, 0.15) is 5.75 Å². The lowest BCUT2D eigenvalue weighted by atomic mass is 9.87. The maximum Gasteiger partial charge on any atom is 0.159 e. The molecule has 0 radical (unpaired) electrons. The zero-order valence-corrected chi connectivity index (χ0v) is 23.2. The molecule has 1 fully saturated rings. The van der Waals surface area contributed by atoms with Gasteiger partial charge in [-0.1, -0.05) is 75.4 Å². The van der Waals surface area contributed by atoms with Crippen LogP contribution in [0.2, 0.25) is 0 Å². The van der Waals surface area contributed by atoms with Crippen molar-refractivity contribution < 1.29 is 14.9 Å². The number of phenolic OH excluding ortho intramolecular Hbond substituents is 1. The van der Waals surface area contributed by atoms with Gasteiger partial charge in [-0.05, 0) is 72.0 Å². The molecule has 0 bridgehead atoms. The highest BCUT2D eigenvalue weighted by Crippen LogP contribution is 2.36. The lowest BCUT2D eigenvalue weighted by Crippen LogP contribution is -2.44. The van der Waals surface area contributed by atoms with E-state index in [4.69, 9.17) is 4.74 Å². The highest BCUT2D eigenvalue weighted by Gasteiger charge is 2.23. The van der Waals surface area contributed by atoms with Crippen molar-refractivity contribution in [1.29, 1.82) is 0 Å². The van der Waals surface area contributed by atoms with Crippen LogP contribution in [0.4, 0.5) is 5.69 Å². The Kier molecular flexibility index (Phi) is 9.26. The Morgan fingerprint density at radius 2 is 1.39 bits per heavy atom. The normalized spacial score (nSPS) is 16.3. The minimum absolute atomic E-state index is 0.254. The molecule has 0 saturated carbocycles. The van der Waals surface area contributed by atoms with Gasteiger partial charge in [-0.3, -0.25) is 0 Å². The Labute approximate surface area is 228 Å². The summed E-state index contributed by atoms with van der Waals surface area (Å²) in [5.41, 5.74) is 6.66. The maximum atomic E-state index is 10.3. The number of allylic oxidation sites excluding steroid dienone is 1. The van der Waals surface area contributed by atoms with Gasteiger partial charge in [-0.15, -0.1) is 0 Å². The molecule has 0 amide bonds. The van der Waals surface area contributed by atoms with Crippen LogP contribution in [0.15, 0.2) is 78.9 Å². The summed E-state index contributed by atoms with van der Waals surface area (Å²) in [6.07, 6.45) is 0.764. The molecular formula is C33H42N2O3. The van der Waals surface area contributed by atoms with Crippen molar-refractivity contribution >= 4 is 16.8 Å². The molecule has 1 aliphatic rings. The summed E-state index contributed by atoms with van der Waals surface area (Å²) in [4.78, 5) is 4.82. The highest BCUT2D eigenvalue weighted by molar-refractivity contribution is 5.98. The summed E-state index contributed by atoms with van der Waals surface area (Å²) in [6, 6.07) is 26.9. The topological polar surface area (TPSA) is 56.2 Å². The summed E-state index contributed by atoms with van der Waals surface area (Å²) in [5, 5.41) is 20.3. The minimum Gasteiger partial charge on any atom is -0.508 e. The Hall–Kier alpha value is -3.12. The van der Waals surface area contributed by atoms with Crippen LogP contribution in [0.25, 0.3) is 11.1 Å². The Morgan fingerprint density at radius 1 is 0.816 bits per heavy atom. The summed E-state index contributed by atoms with van der Waals surface area (Å²) < 4.78 is 5.78. The van der Waals surface area contributed by atoms with Crippen LogP contribution in [0.3, 0.4) is 0 Å². The zero-order valence-electron chi connectivity index (χ0n) is 23.2. The molecule has 0 aliphatic carbocycles. The Morgan fingerprint density at radius 3 is 1.97 bits per heavy atom. The first-order valence-corrected chi connectivity index (χ1v) is 13.6. The van der Waals surface area contributed by atoms with E-state index in [1.165, 1.54) is 11.3 Å². The summed E-state index contributed by atoms with van der Waals surface area (Å²) in [7, 11) is 2.18. The van der Waals surface area contributed by atoms with Crippen molar-refractivity contribution in [1.82, 2.24) is 4.90 Å². The van der Waals surface area contributed by atoms with Crippen molar-refractivity contribution in [3.8, 4) is 5.75 Å². The number of hydrogen-bond acceptors (Lipinski definition) is 5. The molecule has 4 rings (SSSR count). The van der Waals surface area contributed by atoms with Crippen LogP contribution < -0.4 is 4.90 Å². The number of anilines is 1. The van der Waals surface area contributed by atoms with Crippen LogP contribution in [-0.4, -0.2) is 61.2 Å². The monoisotopic (exact) mass is 514 g/mol. The van der Waals surface area contributed by atoms with Crippen LogP contribution in [0.5, 0.6) is 5.75 Å². The van der Waals surface area contributed by atoms with Gasteiger partial charge in [0, 0.05) is 37.3 Å². The van der Waals surface area contributed by atoms with Gasteiger partial charge in [-0.2, -0.15) is 0 Å². The Bertz CT molecular complexity index is 1170. The molecule has 5 nitrogen and oxygen atoms in total. The first kappa shape index (κ1) is 27.9. The second kappa shape index (κ2) is 12.6. The number of aliphatic hydroxyl groups excluding tert-OH is 1. The molecule has 1 heterocycles. The van der Waals surface area contributed by atoms with Gasteiger partial charge in [-0.25, -0.2) is 0 Å². The highest BCUT2D eigenvalue weighted by atomic mass is 16.6. The van der Waals surface area contributed by atoms with Crippen LogP contribution >= 0.6 is 0 Å². The number of aromatic hydroxyl groups is 1. The number of ether oxygens (including phenoxy) is 1. The van der Waals surface area contributed by atoms with E-state index in [2.05, 4.69) is 65.4 Å². The molecule has 5 heteroatoms. The fourth-order valence-corrected chi connectivity index (χ4v) is 4.79. The molecule has 1 aliphatic heterocycles. The van der Waals surface area contributed by atoms with E-state index < -0.39 is 6.29 Å². The third-order valence-corrected chi connectivity index (χ3v) is 7.19. The number of nitrogens with zero attached hydrogens (tertiary/aromatic N) is 2. The van der Waals surface area contributed by atoms with E-state index in [0.717, 1.165) is 61.3 Å². The van der Waals surface area contributed by atoms with Gasteiger partial charge < -0.3 is 24.7 Å². The van der Waals surface area contributed by atoms with Gasteiger partial charge in [0.25, 0.3) is 0 Å². The first-order valence-electron chi connectivity index (χ1n) is 13.6. The van der Waals surface area contributed by atoms with Crippen LogP contribution in [0.1, 0.15) is 50.3 Å². The van der Waals surface area contributed by atoms with Crippen molar-refractivity contribution in [2.45, 2.75) is 39.9 Å². The molecule has 1 unspecified atom stereocenters. The number of benzene rings is 3. The predicted molar refractivity (Wildman–Crippen MR) is 157 cm³/mol. The van der Waals surface area contributed by atoms with E-state index in [9.17, 15) is 10.2 Å². The standard InChI is InChI=1S/C33H42N2O3/c1-33(2,3)32(37)38-24-8-11-30(25-9-6-5-7-10-25)31(27-14-18-29(36)19-15-27)26-12-16-28(17-13-26)35-22-20-34(4)21-23-35/h5-7,9-10,12-19,32,36-37H,8,11,20-24H2,1-4H3/b31-30+. The molecule has 1 saturated heterocycles. The predicted octanol–water partition coefficient (Wildman–Crippen LogP) is 6.26. The van der Waals surface area contributed by atoms with Crippen molar-refractivity contribution in [3.63, 3.8) is 0 Å². The average Bonchev–Trinajstić information content (AvgIpc) is 2.92. The van der Waals surface area contributed by atoms with E-state index in [1.807, 2.05) is 39.0 Å². The second-order valence-electron chi connectivity index (χ2n) is 11.3. The molecule has 38 heavy (non-hydrogen) atoms. The molecule has 2 N–H and O–H groups in total.